The van der Waals surface area contributed by atoms with Crippen LogP contribution in [-0.4, -0.2) is 27.7 Å². The van der Waals surface area contributed by atoms with Crippen LogP contribution >= 0.6 is 22.9 Å². The summed E-state index contributed by atoms with van der Waals surface area (Å²) in [6.45, 7) is 4.20. The molecule has 1 saturated carbocycles. The molecular formula is C24H22ClN3O3S. The Morgan fingerprint density at radius 2 is 1.91 bits per heavy atom. The third-order valence-electron chi connectivity index (χ3n) is 5.74. The van der Waals surface area contributed by atoms with E-state index in [1.54, 1.807) is 23.5 Å². The number of ketones is 2. The quantitative estimate of drug-likeness (QED) is 0.542. The van der Waals surface area contributed by atoms with Gasteiger partial charge in [-0.3, -0.25) is 14.4 Å². The van der Waals surface area contributed by atoms with Gasteiger partial charge in [0.1, 0.15) is 11.7 Å². The second-order valence-electron chi connectivity index (χ2n) is 8.03. The van der Waals surface area contributed by atoms with Crippen molar-refractivity contribution in [2.24, 2.45) is 5.92 Å². The average molecular weight is 468 g/mol. The first-order valence-corrected chi connectivity index (χ1v) is 11.6. The predicted molar refractivity (Wildman–Crippen MR) is 124 cm³/mol. The fraction of sp³-hybridized carbons (Fsp3) is 0.292. The van der Waals surface area contributed by atoms with Crippen LogP contribution in [-0.2, 0) is 20.9 Å². The number of Topliss-reactive ketones (excluding diaryl/α,β-unsaturated/α-hetero) is 2. The number of hydrogen-bond acceptors (Lipinski definition) is 6. The number of aromatic nitrogens is 2. The number of aryl methyl sites for hydroxylation is 2. The van der Waals surface area contributed by atoms with Crippen LogP contribution in [0.4, 0.5) is 0 Å². The Balaban J connectivity index is 1.50. The molecule has 1 aliphatic carbocycles. The first-order chi connectivity index (χ1) is 15.3. The minimum Gasteiger partial charge on any atom is -0.351 e. The van der Waals surface area contributed by atoms with Crippen molar-refractivity contribution in [1.29, 1.82) is 0 Å². The van der Waals surface area contributed by atoms with Gasteiger partial charge in [0.2, 0.25) is 5.91 Å². The van der Waals surface area contributed by atoms with Crippen LogP contribution in [0.5, 0.6) is 0 Å². The van der Waals surface area contributed by atoms with Crippen LogP contribution in [0, 0.1) is 19.8 Å². The highest BCUT2D eigenvalue weighted by Crippen LogP contribution is 2.38. The number of nitrogens with one attached hydrogen (secondary N) is 1. The van der Waals surface area contributed by atoms with E-state index in [4.69, 9.17) is 11.6 Å². The Hall–Kier alpha value is -2.90. The van der Waals surface area contributed by atoms with Gasteiger partial charge in [0.05, 0.1) is 12.2 Å². The molecule has 1 aromatic carbocycles. The molecule has 4 rings (SSSR count). The number of carbonyl (C=O) groups is 3. The first kappa shape index (κ1) is 22.3. The number of hydrogen-bond donors (Lipinski definition) is 1. The first-order valence-electron chi connectivity index (χ1n) is 10.3. The molecule has 3 aromatic rings. The summed E-state index contributed by atoms with van der Waals surface area (Å²) >= 11 is 7.38. The number of halogens is 1. The zero-order valence-corrected chi connectivity index (χ0v) is 19.3. The molecule has 0 aliphatic heterocycles. The van der Waals surface area contributed by atoms with Crippen molar-refractivity contribution in [3.8, 4) is 11.3 Å². The number of nitrogens with zero attached hydrogens (tertiary/aromatic N) is 2. The maximum Gasteiger partial charge on any atom is 0.221 e. The lowest BCUT2D eigenvalue weighted by atomic mass is 9.85. The third-order valence-corrected chi connectivity index (χ3v) is 6.82. The van der Waals surface area contributed by atoms with E-state index in [1.807, 2.05) is 43.5 Å². The van der Waals surface area contributed by atoms with Crippen molar-refractivity contribution >= 4 is 40.4 Å². The van der Waals surface area contributed by atoms with Crippen LogP contribution < -0.4 is 5.32 Å². The van der Waals surface area contributed by atoms with Crippen molar-refractivity contribution in [3.63, 3.8) is 0 Å². The normalized spacial score (nSPS) is 18.2. The predicted octanol–water partition coefficient (Wildman–Crippen LogP) is 4.42. The van der Waals surface area contributed by atoms with Gasteiger partial charge in [-0.1, -0.05) is 17.7 Å². The molecule has 8 heteroatoms. The highest BCUT2D eigenvalue weighted by Gasteiger charge is 2.43. The van der Waals surface area contributed by atoms with Gasteiger partial charge in [-0.2, -0.15) is 0 Å². The molecule has 32 heavy (non-hydrogen) atoms. The minimum atomic E-state index is -0.824. The lowest BCUT2D eigenvalue weighted by Crippen LogP contribution is -2.27. The van der Waals surface area contributed by atoms with Gasteiger partial charge in [0, 0.05) is 29.2 Å². The lowest BCUT2D eigenvalue weighted by Gasteiger charge is -2.17. The number of rotatable bonds is 6. The van der Waals surface area contributed by atoms with E-state index in [-0.39, 0.29) is 30.3 Å². The summed E-state index contributed by atoms with van der Waals surface area (Å²) in [7, 11) is 0. The third kappa shape index (κ3) is 4.64. The fourth-order valence-electron chi connectivity index (χ4n) is 4.27. The van der Waals surface area contributed by atoms with Gasteiger partial charge in [0.15, 0.2) is 10.9 Å². The van der Waals surface area contributed by atoms with Gasteiger partial charge in [-0.15, -0.1) is 21.5 Å². The molecule has 2 aromatic heterocycles. The van der Waals surface area contributed by atoms with Crippen LogP contribution in [0.25, 0.3) is 11.3 Å². The van der Waals surface area contributed by atoms with E-state index in [9.17, 15) is 14.4 Å². The second kappa shape index (κ2) is 9.30. The number of benzene rings is 1. The molecule has 1 amide bonds. The Morgan fingerprint density at radius 3 is 2.53 bits per heavy atom. The minimum absolute atomic E-state index is 0.0307. The fourth-order valence-corrected chi connectivity index (χ4v) is 5.02. The topological polar surface area (TPSA) is 89.0 Å². The molecule has 2 unspecified atom stereocenters. The summed E-state index contributed by atoms with van der Waals surface area (Å²) in [6.07, 6.45) is 0.127. The molecule has 164 valence electrons. The largest absolute Gasteiger partial charge is 0.351 e. The highest BCUT2D eigenvalue weighted by molar-refractivity contribution is 7.09. The number of amides is 1. The molecule has 0 bridgehead atoms. The summed E-state index contributed by atoms with van der Waals surface area (Å²) < 4.78 is 0. The number of carbonyl (C=O) groups excluding carboxylic acids is 3. The summed E-state index contributed by atoms with van der Waals surface area (Å²) in [5, 5.41) is 13.1. The Morgan fingerprint density at radius 1 is 1.16 bits per heavy atom. The molecule has 0 radical (unpaired) electrons. The number of thiophene rings is 1. The zero-order chi connectivity index (χ0) is 22.8. The smallest absolute Gasteiger partial charge is 0.221 e. The molecule has 1 aliphatic rings. The van der Waals surface area contributed by atoms with Gasteiger partial charge < -0.3 is 5.32 Å². The van der Waals surface area contributed by atoms with Gasteiger partial charge in [-0.25, -0.2) is 0 Å². The maximum atomic E-state index is 13.1. The van der Waals surface area contributed by atoms with Crippen molar-refractivity contribution < 1.29 is 14.4 Å². The second-order valence-corrected chi connectivity index (χ2v) is 9.45. The van der Waals surface area contributed by atoms with Gasteiger partial charge >= 0.3 is 0 Å². The molecular weight excluding hydrogens is 446 g/mol. The molecule has 6 nitrogen and oxygen atoms in total. The highest BCUT2D eigenvalue weighted by atomic mass is 35.5. The van der Waals surface area contributed by atoms with Crippen LogP contribution in [0.15, 0.2) is 41.8 Å². The van der Waals surface area contributed by atoms with Crippen molar-refractivity contribution in [2.75, 3.05) is 0 Å². The maximum absolute atomic E-state index is 13.1. The Bertz CT molecular complexity index is 1150. The SMILES string of the molecule is Cc1cc(-c2ccc(Cl)nn2)cc(C)c1C1C(=O)CC(CC(=O)NCc2cccs2)C1=O. The molecule has 0 spiro atoms. The van der Waals surface area contributed by atoms with Crippen LogP contribution in [0.2, 0.25) is 5.15 Å². The van der Waals surface area contributed by atoms with E-state index >= 15 is 0 Å². The Labute approximate surface area is 195 Å². The standard InChI is InChI=1S/C24H22ClN3O3S/c1-13-8-15(18-5-6-20(25)28-27-18)9-14(2)22(13)23-19(29)10-16(24(23)31)11-21(30)26-12-17-4-3-7-32-17/h3-9,16,23H,10-12H2,1-2H3,(H,26,30). The zero-order valence-electron chi connectivity index (χ0n) is 17.7. The Kier molecular flexibility index (Phi) is 6.48. The summed E-state index contributed by atoms with van der Waals surface area (Å²) in [5.41, 5.74) is 3.91. The van der Waals surface area contributed by atoms with Gasteiger partial charge in [-0.05, 0) is 66.2 Å². The lowest BCUT2D eigenvalue weighted by molar-refractivity contribution is -0.128. The molecule has 2 heterocycles. The van der Waals surface area contributed by atoms with E-state index in [1.165, 1.54) is 0 Å². The molecule has 0 saturated heterocycles. The average Bonchev–Trinajstić information content (AvgIpc) is 3.36. The summed E-state index contributed by atoms with van der Waals surface area (Å²) in [5.74, 6) is -1.93. The molecule has 1 N–H and O–H groups in total. The molecule has 2 atom stereocenters. The van der Waals surface area contributed by atoms with Crippen molar-refractivity contribution in [1.82, 2.24) is 15.5 Å². The monoisotopic (exact) mass is 467 g/mol. The molecule has 1 fully saturated rings. The van der Waals surface area contributed by atoms with E-state index in [2.05, 4.69) is 15.5 Å². The van der Waals surface area contributed by atoms with Crippen LogP contribution in [0.3, 0.4) is 0 Å². The van der Waals surface area contributed by atoms with Crippen molar-refractivity contribution in [2.45, 2.75) is 39.2 Å². The van der Waals surface area contributed by atoms with E-state index in [0.717, 1.165) is 27.1 Å². The summed E-state index contributed by atoms with van der Waals surface area (Å²) in [4.78, 5) is 39.4. The summed E-state index contributed by atoms with van der Waals surface area (Å²) in [6, 6.07) is 11.1. The van der Waals surface area contributed by atoms with Crippen LogP contribution in [0.1, 0.15) is 40.3 Å². The van der Waals surface area contributed by atoms with Gasteiger partial charge in [0.25, 0.3) is 0 Å². The van der Waals surface area contributed by atoms with E-state index < -0.39 is 11.8 Å². The van der Waals surface area contributed by atoms with E-state index in [0.29, 0.717) is 17.4 Å². The van der Waals surface area contributed by atoms with Crippen molar-refractivity contribution in [3.05, 3.63) is 68.5 Å².